The maximum atomic E-state index is 12.5. The van der Waals surface area contributed by atoms with Gasteiger partial charge < -0.3 is 5.32 Å². The molecule has 1 aliphatic rings. The van der Waals surface area contributed by atoms with Crippen LogP contribution in [0.2, 0.25) is 0 Å². The molecule has 0 atom stereocenters. The van der Waals surface area contributed by atoms with E-state index in [1.165, 1.54) is 0 Å². The van der Waals surface area contributed by atoms with Crippen LogP contribution in [0.15, 0.2) is 23.1 Å². The lowest BCUT2D eigenvalue weighted by Gasteiger charge is -2.25. The number of quaternary nitrogens is 1. The van der Waals surface area contributed by atoms with Gasteiger partial charge in [0.05, 0.1) is 31.1 Å². The summed E-state index contributed by atoms with van der Waals surface area (Å²) in [6, 6.07) is 5.58. The van der Waals surface area contributed by atoms with Crippen molar-refractivity contribution in [2.75, 3.05) is 26.2 Å². The van der Waals surface area contributed by atoms with Crippen LogP contribution >= 0.6 is 0 Å². The van der Waals surface area contributed by atoms with E-state index in [2.05, 4.69) is 5.32 Å². The molecular weight excluding hydrogens is 236 g/mol. The molecule has 4 nitrogen and oxygen atoms in total. The fourth-order valence-electron chi connectivity index (χ4n) is 2.09. The quantitative estimate of drug-likeness (QED) is 0.800. The average Bonchev–Trinajstić information content (AvgIpc) is 2.33. The van der Waals surface area contributed by atoms with Crippen molar-refractivity contribution in [3.63, 3.8) is 0 Å². The lowest BCUT2D eigenvalue weighted by molar-refractivity contribution is -0.661. The average molecular weight is 255 g/mol. The predicted octanol–water partition coefficient (Wildman–Crippen LogP) is -0.129. The van der Waals surface area contributed by atoms with Gasteiger partial charge >= 0.3 is 0 Å². The number of rotatable bonds is 2. The minimum atomic E-state index is -3.30. The van der Waals surface area contributed by atoms with Crippen molar-refractivity contribution in [3.05, 3.63) is 29.3 Å². The molecule has 17 heavy (non-hydrogen) atoms. The van der Waals surface area contributed by atoms with Gasteiger partial charge in [-0.1, -0.05) is 12.1 Å². The number of sulfonamides is 1. The zero-order valence-corrected chi connectivity index (χ0v) is 11.1. The van der Waals surface area contributed by atoms with E-state index in [0.717, 1.165) is 24.2 Å². The summed E-state index contributed by atoms with van der Waals surface area (Å²) in [6.07, 6.45) is 0. The highest BCUT2D eigenvalue weighted by atomic mass is 32.2. The van der Waals surface area contributed by atoms with Gasteiger partial charge in [-0.2, -0.15) is 4.31 Å². The Bertz CT molecular complexity index is 505. The normalized spacial score (nSPS) is 18.2. The maximum Gasteiger partial charge on any atom is 0.243 e. The molecule has 1 aromatic carbocycles. The van der Waals surface area contributed by atoms with E-state index in [4.69, 9.17) is 0 Å². The van der Waals surface area contributed by atoms with Crippen LogP contribution in [0.25, 0.3) is 0 Å². The maximum absolute atomic E-state index is 12.5. The minimum Gasteiger partial charge on any atom is -0.344 e. The summed E-state index contributed by atoms with van der Waals surface area (Å²) in [5.74, 6) is 0. The first kappa shape index (κ1) is 12.5. The van der Waals surface area contributed by atoms with Crippen LogP contribution in [0.5, 0.6) is 0 Å². The predicted molar refractivity (Wildman–Crippen MR) is 66.3 cm³/mol. The second-order valence-corrected chi connectivity index (χ2v) is 6.45. The summed E-state index contributed by atoms with van der Waals surface area (Å²) in [7, 11) is -3.30. The van der Waals surface area contributed by atoms with Crippen LogP contribution < -0.4 is 5.32 Å². The topological polar surface area (TPSA) is 54.0 Å². The third-order valence-electron chi connectivity index (χ3n) is 3.13. The standard InChI is InChI=1S/C12H18N2O2S/c1-10-3-4-11(2)12(9-10)17(15,16)14-7-5-13-6-8-14/h3-4,9,13H,5-8H2,1-2H3/p+1. The molecule has 1 heterocycles. The van der Waals surface area contributed by atoms with Gasteiger partial charge in [-0.05, 0) is 31.0 Å². The smallest absolute Gasteiger partial charge is 0.243 e. The molecule has 2 N–H and O–H groups in total. The van der Waals surface area contributed by atoms with Gasteiger partial charge in [-0.15, -0.1) is 0 Å². The van der Waals surface area contributed by atoms with Crippen molar-refractivity contribution in [1.82, 2.24) is 4.31 Å². The largest absolute Gasteiger partial charge is 0.344 e. The van der Waals surface area contributed by atoms with Crippen LogP contribution in [0.4, 0.5) is 0 Å². The van der Waals surface area contributed by atoms with Crippen LogP contribution in [-0.2, 0) is 10.0 Å². The molecular formula is C12H19N2O2S+. The van der Waals surface area contributed by atoms with Gasteiger partial charge in [0.25, 0.3) is 0 Å². The van der Waals surface area contributed by atoms with Crippen molar-refractivity contribution < 1.29 is 13.7 Å². The summed E-state index contributed by atoms with van der Waals surface area (Å²) in [4.78, 5) is 0.458. The van der Waals surface area contributed by atoms with Crippen LogP contribution in [0.1, 0.15) is 11.1 Å². The zero-order valence-electron chi connectivity index (χ0n) is 10.3. The molecule has 1 aromatic rings. The lowest BCUT2D eigenvalue weighted by Crippen LogP contribution is -2.89. The van der Waals surface area contributed by atoms with Crippen molar-refractivity contribution in [2.24, 2.45) is 0 Å². The Hall–Kier alpha value is -0.910. The molecule has 94 valence electrons. The number of aryl methyl sites for hydroxylation is 2. The van der Waals surface area contributed by atoms with Crippen molar-refractivity contribution in [2.45, 2.75) is 18.7 Å². The molecule has 0 saturated carbocycles. The van der Waals surface area contributed by atoms with Crippen molar-refractivity contribution >= 4 is 10.0 Å². The van der Waals surface area contributed by atoms with Gasteiger partial charge in [0, 0.05) is 0 Å². The Morgan fingerprint density at radius 1 is 1.18 bits per heavy atom. The first-order chi connectivity index (χ1) is 8.01. The first-order valence-electron chi connectivity index (χ1n) is 5.91. The van der Waals surface area contributed by atoms with Gasteiger partial charge in [-0.25, -0.2) is 8.42 Å². The fourth-order valence-corrected chi connectivity index (χ4v) is 3.87. The Morgan fingerprint density at radius 2 is 1.82 bits per heavy atom. The number of benzene rings is 1. The minimum absolute atomic E-state index is 0.458. The van der Waals surface area contributed by atoms with Gasteiger partial charge in [0.15, 0.2) is 0 Å². The third kappa shape index (κ3) is 2.51. The van der Waals surface area contributed by atoms with E-state index in [1.807, 2.05) is 26.0 Å². The van der Waals surface area contributed by atoms with Crippen LogP contribution in [-0.4, -0.2) is 38.9 Å². The van der Waals surface area contributed by atoms with Crippen molar-refractivity contribution in [3.8, 4) is 0 Å². The fraction of sp³-hybridized carbons (Fsp3) is 0.500. The summed E-state index contributed by atoms with van der Waals surface area (Å²) in [5.41, 5.74) is 1.81. The summed E-state index contributed by atoms with van der Waals surface area (Å²) in [6.45, 7) is 6.68. The second-order valence-electron chi connectivity index (χ2n) is 4.54. The van der Waals surface area contributed by atoms with E-state index in [0.29, 0.717) is 18.0 Å². The summed E-state index contributed by atoms with van der Waals surface area (Å²) < 4.78 is 26.5. The summed E-state index contributed by atoms with van der Waals surface area (Å²) >= 11 is 0. The Balaban J connectivity index is 2.40. The molecule has 1 saturated heterocycles. The second kappa shape index (κ2) is 4.76. The molecule has 5 heteroatoms. The highest BCUT2D eigenvalue weighted by Crippen LogP contribution is 2.20. The molecule has 0 spiro atoms. The molecule has 1 fully saturated rings. The van der Waals surface area contributed by atoms with Crippen LogP contribution in [0, 0.1) is 13.8 Å². The SMILES string of the molecule is Cc1ccc(C)c(S(=O)(=O)N2CC[NH2+]CC2)c1. The summed E-state index contributed by atoms with van der Waals surface area (Å²) in [5, 5.41) is 2.15. The lowest BCUT2D eigenvalue weighted by atomic mass is 10.2. The van der Waals surface area contributed by atoms with Gasteiger partial charge in [-0.3, -0.25) is 0 Å². The van der Waals surface area contributed by atoms with E-state index in [1.54, 1.807) is 10.4 Å². The van der Waals surface area contributed by atoms with Gasteiger partial charge in [0.2, 0.25) is 10.0 Å². The first-order valence-corrected chi connectivity index (χ1v) is 7.35. The number of nitrogens with two attached hydrogens (primary N) is 1. The Labute approximate surface area is 103 Å². The number of nitrogens with zero attached hydrogens (tertiary/aromatic N) is 1. The van der Waals surface area contributed by atoms with Crippen LogP contribution in [0.3, 0.4) is 0 Å². The molecule has 2 rings (SSSR count). The highest BCUT2D eigenvalue weighted by molar-refractivity contribution is 7.89. The Kier molecular flexibility index (Phi) is 3.51. The molecule has 1 aliphatic heterocycles. The Morgan fingerprint density at radius 3 is 2.47 bits per heavy atom. The number of piperazine rings is 1. The molecule has 0 unspecified atom stereocenters. The molecule has 0 aliphatic carbocycles. The highest BCUT2D eigenvalue weighted by Gasteiger charge is 2.28. The third-order valence-corrected chi connectivity index (χ3v) is 5.17. The molecule has 0 aromatic heterocycles. The van der Waals surface area contributed by atoms with E-state index in [-0.39, 0.29) is 0 Å². The van der Waals surface area contributed by atoms with E-state index < -0.39 is 10.0 Å². The number of hydrogen-bond donors (Lipinski definition) is 1. The zero-order chi connectivity index (χ0) is 12.5. The molecule has 0 amide bonds. The van der Waals surface area contributed by atoms with Gasteiger partial charge in [0.1, 0.15) is 0 Å². The van der Waals surface area contributed by atoms with Crippen molar-refractivity contribution in [1.29, 1.82) is 0 Å². The van der Waals surface area contributed by atoms with E-state index >= 15 is 0 Å². The monoisotopic (exact) mass is 255 g/mol. The molecule has 0 bridgehead atoms. The number of hydrogen-bond acceptors (Lipinski definition) is 2. The van der Waals surface area contributed by atoms with E-state index in [9.17, 15) is 8.42 Å². The molecule has 0 radical (unpaired) electrons.